The molecule has 0 aliphatic carbocycles. The maximum absolute atomic E-state index is 11.0. The molecule has 1 aromatic heterocycles. The number of aromatic nitrogens is 1. The smallest absolute Gasteiger partial charge is 0.220 e. The average molecular weight is 248 g/mol. The Labute approximate surface area is 105 Å². The second-order valence-electron chi connectivity index (χ2n) is 4.97. The number of benzene rings is 1. The zero-order chi connectivity index (χ0) is 13.3. The molecule has 5 nitrogen and oxygen atoms in total. The van der Waals surface area contributed by atoms with Crippen molar-refractivity contribution in [2.24, 2.45) is 0 Å². The summed E-state index contributed by atoms with van der Waals surface area (Å²) in [5, 5.41) is 12.0. The fraction of sp³-hybridized carbons (Fsp3) is 0.385. The van der Waals surface area contributed by atoms with Gasteiger partial charge in [0.1, 0.15) is 5.75 Å². The summed E-state index contributed by atoms with van der Waals surface area (Å²) in [7, 11) is 1.61. The highest BCUT2D eigenvalue weighted by atomic mass is 16.6. The van der Waals surface area contributed by atoms with E-state index in [9.17, 15) is 10.1 Å². The summed E-state index contributed by atoms with van der Waals surface area (Å²) in [6.07, 6.45) is 2.22. The number of hydrogen-bond acceptors (Lipinski definition) is 3. The van der Waals surface area contributed by atoms with Crippen molar-refractivity contribution in [3.05, 3.63) is 40.1 Å². The monoisotopic (exact) mass is 248 g/mol. The number of methoxy groups -OCH3 is 1. The molecule has 1 heterocycles. The minimum atomic E-state index is -0.963. The Morgan fingerprint density at radius 3 is 2.78 bits per heavy atom. The largest absolute Gasteiger partial charge is 0.497 e. The molecular weight excluding hydrogens is 232 g/mol. The Morgan fingerprint density at radius 1 is 1.44 bits per heavy atom. The van der Waals surface area contributed by atoms with Gasteiger partial charge in [-0.1, -0.05) is 0 Å². The van der Waals surface area contributed by atoms with Crippen LogP contribution in [0.1, 0.15) is 19.4 Å². The van der Waals surface area contributed by atoms with Crippen molar-refractivity contribution in [1.29, 1.82) is 0 Å². The molecule has 0 spiro atoms. The number of rotatable bonds is 4. The SMILES string of the molecule is COc1ccc2c(CC(C)(C)[N+](=O)[O-])c[nH]c2c1. The Balaban J connectivity index is 2.38. The first kappa shape index (κ1) is 12.4. The van der Waals surface area contributed by atoms with E-state index in [2.05, 4.69) is 4.98 Å². The zero-order valence-electron chi connectivity index (χ0n) is 10.7. The average Bonchev–Trinajstić information content (AvgIpc) is 2.71. The maximum atomic E-state index is 11.0. The van der Waals surface area contributed by atoms with E-state index in [1.807, 2.05) is 24.4 Å². The van der Waals surface area contributed by atoms with Crippen LogP contribution in [0.5, 0.6) is 5.75 Å². The van der Waals surface area contributed by atoms with Crippen LogP contribution in [-0.4, -0.2) is 22.6 Å². The van der Waals surface area contributed by atoms with E-state index in [1.165, 1.54) is 0 Å². The quantitative estimate of drug-likeness (QED) is 0.668. The number of nitrogens with zero attached hydrogens (tertiary/aromatic N) is 1. The second-order valence-corrected chi connectivity index (χ2v) is 4.97. The van der Waals surface area contributed by atoms with E-state index in [4.69, 9.17) is 4.74 Å². The summed E-state index contributed by atoms with van der Waals surface area (Å²) in [5.41, 5.74) is 0.924. The van der Waals surface area contributed by atoms with Gasteiger partial charge in [-0.15, -0.1) is 0 Å². The third-order valence-electron chi connectivity index (χ3n) is 3.09. The van der Waals surface area contributed by atoms with Crippen molar-refractivity contribution < 1.29 is 9.66 Å². The minimum Gasteiger partial charge on any atom is -0.497 e. The molecular formula is C13H16N2O3. The van der Waals surface area contributed by atoms with E-state index in [0.717, 1.165) is 22.2 Å². The number of ether oxygens (including phenoxy) is 1. The molecule has 0 amide bonds. The zero-order valence-corrected chi connectivity index (χ0v) is 10.7. The van der Waals surface area contributed by atoms with Crippen LogP contribution in [0.15, 0.2) is 24.4 Å². The predicted octanol–water partition coefficient (Wildman–Crippen LogP) is 2.77. The summed E-state index contributed by atoms with van der Waals surface area (Å²) in [6, 6.07) is 5.67. The fourth-order valence-corrected chi connectivity index (χ4v) is 1.97. The van der Waals surface area contributed by atoms with Crippen LogP contribution in [-0.2, 0) is 6.42 Å². The third kappa shape index (κ3) is 2.16. The highest BCUT2D eigenvalue weighted by Crippen LogP contribution is 2.26. The molecule has 1 N–H and O–H groups in total. The normalized spacial score (nSPS) is 11.7. The van der Waals surface area contributed by atoms with Crippen LogP contribution in [0.2, 0.25) is 0 Å². The molecule has 0 atom stereocenters. The summed E-state index contributed by atoms with van der Waals surface area (Å²) < 4.78 is 5.14. The molecule has 2 aromatic rings. The van der Waals surface area contributed by atoms with E-state index >= 15 is 0 Å². The van der Waals surface area contributed by atoms with Gasteiger partial charge in [-0.05, 0) is 17.7 Å². The van der Waals surface area contributed by atoms with Crippen molar-refractivity contribution in [3.63, 3.8) is 0 Å². The number of aromatic amines is 1. The number of fused-ring (bicyclic) bond motifs is 1. The Morgan fingerprint density at radius 2 is 2.17 bits per heavy atom. The van der Waals surface area contributed by atoms with Crippen LogP contribution in [0.3, 0.4) is 0 Å². The van der Waals surface area contributed by atoms with E-state index in [-0.39, 0.29) is 4.92 Å². The molecule has 5 heteroatoms. The lowest BCUT2D eigenvalue weighted by molar-refractivity contribution is -0.560. The molecule has 18 heavy (non-hydrogen) atoms. The predicted molar refractivity (Wildman–Crippen MR) is 69.6 cm³/mol. The molecule has 1 aromatic carbocycles. The molecule has 0 saturated heterocycles. The van der Waals surface area contributed by atoms with Gasteiger partial charge in [0, 0.05) is 48.4 Å². The van der Waals surface area contributed by atoms with Gasteiger partial charge in [0.05, 0.1) is 7.11 Å². The number of nitrogens with one attached hydrogen (secondary N) is 1. The van der Waals surface area contributed by atoms with Crippen molar-refractivity contribution in [1.82, 2.24) is 4.98 Å². The molecule has 2 rings (SSSR count). The van der Waals surface area contributed by atoms with E-state index < -0.39 is 5.54 Å². The summed E-state index contributed by atoms with van der Waals surface area (Å²) in [5.74, 6) is 0.768. The first-order chi connectivity index (χ1) is 8.44. The molecule has 0 radical (unpaired) electrons. The van der Waals surface area contributed by atoms with Crippen molar-refractivity contribution in [2.45, 2.75) is 25.8 Å². The Kier molecular flexibility index (Phi) is 2.98. The fourth-order valence-electron chi connectivity index (χ4n) is 1.97. The van der Waals surface area contributed by atoms with E-state index in [0.29, 0.717) is 6.42 Å². The minimum absolute atomic E-state index is 0.241. The topological polar surface area (TPSA) is 68.2 Å². The van der Waals surface area contributed by atoms with Crippen LogP contribution < -0.4 is 4.74 Å². The lowest BCUT2D eigenvalue weighted by Gasteiger charge is -2.14. The van der Waals surface area contributed by atoms with Gasteiger partial charge in [-0.3, -0.25) is 10.1 Å². The third-order valence-corrected chi connectivity index (χ3v) is 3.09. The van der Waals surface area contributed by atoms with Crippen molar-refractivity contribution in [3.8, 4) is 5.75 Å². The van der Waals surface area contributed by atoms with Gasteiger partial charge in [-0.2, -0.15) is 0 Å². The van der Waals surface area contributed by atoms with Crippen LogP contribution in [0.4, 0.5) is 0 Å². The summed E-state index contributed by atoms with van der Waals surface area (Å²) >= 11 is 0. The lowest BCUT2D eigenvalue weighted by atomic mass is 9.95. The molecule has 0 saturated carbocycles. The van der Waals surface area contributed by atoms with Crippen molar-refractivity contribution >= 4 is 10.9 Å². The molecule has 0 bridgehead atoms. The maximum Gasteiger partial charge on any atom is 0.220 e. The highest BCUT2D eigenvalue weighted by molar-refractivity contribution is 5.84. The Hall–Kier alpha value is -2.04. The van der Waals surface area contributed by atoms with E-state index in [1.54, 1.807) is 21.0 Å². The highest BCUT2D eigenvalue weighted by Gasteiger charge is 2.31. The first-order valence-corrected chi connectivity index (χ1v) is 5.72. The van der Waals surface area contributed by atoms with Gasteiger partial charge in [0.2, 0.25) is 5.54 Å². The van der Waals surface area contributed by atoms with Gasteiger partial charge in [0.15, 0.2) is 0 Å². The van der Waals surface area contributed by atoms with Gasteiger partial charge >= 0.3 is 0 Å². The van der Waals surface area contributed by atoms with Gasteiger partial charge in [-0.25, -0.2) is 0 Å². The molecule has 96 valence electrons. The van der Waals surface area contributed by atoms with Gasteiger partial charge < -0.3 is 9.72 Å². The van der Waals surface area contributed by atoms with Crippen LogP contribution in [0, 0.1) is 10.1 Å². The van der Waals surface area contributed by atoms with Crippen molar-refractivity contribution in [2.75, 3.05) is 7.11 Å². The summed E-state index contributed by atoms with van der Waals surface area (Å²) in [4.78, 5) is 13.8. The first-order valence-electron chi connectivity index (χ1n) is 5.72. The lowest BCUT2D eigenvalue weighted by Crippen LogP contribution is -2.33. The second kappa shape index (κ2) is 4.33. The molecule has 0 unspecified atom stereocenters. The number of H-pyrrole nitrogens is 1. The van der Waals surface area contributed by atoms with Crippen LogP contribution >= 0.6 is 0 Å². The summed E-state index contributed by atoms with van der Waals surface area (Å²) in [6.45, 7) is 3.27. The molecule has 0 aliphatic heterocycles. The standard InChI is InChI=1S/C13H16N2O3/c1-13(2,15(16)17)7-9-8-14-12-6-10(18-3)4-5-11(9)12/h4-6,8,14H,7H2,1-3H3. The number of nitro groups is 1. The molecule has 0 aliphatic rings. The molecule has 0 fully saturated rings. The van der Waals surface area contributed by atoms with Crippen LogP contribution in [0.25, 0.3) is 10.9 Å². The number of hydrogen-bond donors (Lipinski definition) is 1. The van der Waals surface area contributed by atoms with Gasteiger partial charge in [0.25, 0.3) is 0 Å². The Bertz CT molecular complexity index is 587.